The topological polar surface area (TPSA) is 57.2 Å². The summed E-state index contributed by atoms with van der Waals surface area (Å²) >= 11 is 0. The molecule has 2 aromatic rings. The predicted molar refractivity (Wildman–Crippen MR) is 96.8 cm³/mol. The van der Waals surface area contributed by atoms with E-state index in [-0.39, 0.29) is 0 Å². The lowest BCUT2D eigenvalue weighted by molar-refractivity contribution is -0.382. The molecular formula is C17H15F9O3S2. The summed E-state index contributed by atoms with van der Waals surface area (Å²) in [6.45, 7) is 2.18. The summed E-state index contributed by atoms with van der Waals surface area (Å²) in [7, 11) is -7.08. The third-order valence-electron chi connectivity index (χ3n) is 3.97. The Morgan fingerprint density at radius 2 is 1.23 bits per heavy atom. The molecule has 176 valence electrons. The Bertz CT molecular complexity index is 1030. The van der Waals surface area contributed by atoms with Crippen LogP contribution in [0.4, 0.5) is 39.5 Å². The van der Waals surface area contributed by atoms with Crippen molar-refractivity contribution < 1.29 is 52.5 Å². The molecule has 0 unspecified atom stereocenters. The number of rotatable bonds is 4. The van der Waals surface area contributed by atoms with Crippen LogP contribution in [0, 0.1) is 6.92 Å². The van der Waals surface area contributed by atoms with E-state index in [2.05, 4.69) is 55.8 Å². The Kier molecular flexibility index (Phi) is 7.68. The van der Waals surface area contributed by atoms with E-state index in [0.717, 1.165) is 0 Å². The van der Waals surface area contributed by atoms with Crippen LogP contribution in [-0.4, -0.2) is 48.8 Å². The number of fused-ring (bicyclic) bond motifs is 1. The second-order valence-corrected chi connectivity index (χ2v) is 9.85. The van der Waals surface area contributed by atoms with Crippen molar-refractivity contribution in [3.05, 3.63) is 42.0 Å². The molecule has 0 amide bonds. The number of aryl methyl sites for hydroxylation is 1. The largest absolute Gasteiger partial charge is 0.743 e. The van der Waals surface area contributed by atoms with Gasteiger partial charge in [-0.15, -0.1) is 0 Å². The van der Waals surface area contributed by atoms with Gasteiger partial charge in [-0.2, -0.15) is 39.5 Å². The summed E-state index contributed by atoms with van der Waals surface area (Å²) in [6.07, 6.45) is -2.61. The number of hydrogen-bond acceptors (Lipinski definition) is 3. The number of hydrogen-bond donors (Lipinski definition) is 0. The third kappa shape index (κ3) is 5.06. The second kappa shape index (κ2) is 8.70. The lowest BCUT2D eigenvalue weighted by atomic mass is 10.1. The molecular weight excluding hydrogens is 487 g/mol. The number of alkyl halides is 9. The van der Waals surface area contributed by atoms with Crippen molar-refractivity contribution in [1.29, 1.82) is 0 Å². The van der Waals surface area contributed by atoms with Crippen LogP contribution in [0.5, 0.6) is 0 Å². The molecule has 2 rings (SSSR count). The highest BCUT2D eigenvalue weighted by Gasteiger charge is 2.83. The van der Waals surface area contributed by atoms with Crippen molar-refractivity contribution >= 4 is 31.8 Å². The molecule has 0 N–H and O–H groups in total. The second-order valence-electron chi connectivity index (χ2n) is 6.36. The van der Waals surface area contributed by atoms with E-state index in [1.165, 1.54) is 21.2 Å². The first-order chi connectivity index (χ1) is 13.7. The summed E-state index contributed by atoms with van der Waals surface area (Å²) in [5.41, 5.74) is 1.37. The molecule has 0 heterocycles. The van der Waals surface area contributed by atoms with Crippen molar-refractivity contribution in [1.82, 2.24) is 0 Å². The van der Waals surface area contributed by atoms with Crippen LogP contribution >= 0.6 is 0 Å². The molecule has 0 spiro atoms. The van der Waals surface area contributed by atoms with E-state index in [1.54, 1.807) is 0 Å². The van der Waals surface area contributed by atoms with Gasteiger partial charge in [-0.25, -0.2) is 8.42 Å². The van der Waals surface area contributed by atoms with Gasteiger partial charge in [0.1, 0.15) is 12.5 Å². The minimum absolute atomic E-state index is 0.338. The zero-order valence-electron chi connectivity index (χ0n) is 15.9. The van der Waals surface area contributed by atoms with Crippen LogP contribution in [0.3, 0.4) is 0 Å². The van der Waals surface area contributed by atoms with E-state index in [9.17, 15) is 52.5 Å². The summed E-state index contributed by atoms with van der Waals surface area (Å²) in [5.74, 6) is -14.8. The highest BCUT2D eigenvalue weighted by atomic mass is 32.2. The monoisotopic (exact) mass is 502 g/mol. The highest BCUT2D eigenvalue weighted by molar-refractivity contribution is 7.95. The molecule has 0 saturated heterocycles. The molecule has 0 fully saturated rings. The van der Waals surface area contributed by atoms with Gasteiger partial charge in [0, 0.05) is 16.3 Å². The van der Waals surface area contributed by atoms with Crippen molar-refractivity contribution in [2.24, 2.45) is 0 Å². The van der Waals surface area contributed by atoms with Gasteiger partial charge in [0.05, 0.1) is 0 Å². The zero-order chi connectivity index (χ0) is 24.6. The Balaban J connectivity index is 0.000000314. The number of benzene rings is 2. The molecule has 14 heteroatoms. The molecule has 0 aliphatic carbocycles. The molecule has 31 heavy (non-hydrogen) atoms. The van der Waals surface area contributed by atoms with Crippen molar-refractivity contribution in [3.8, 4) is 0 Å². The van der Waals surface area contributed by atoms with E-state index < -0.39 is 33.4 Å². The maximum atomic E-state index is 12.2. The Morgan fingerprint density at radius 1 is 0.774 bits per heavy atom. The predicted octanol–water partition coefficient (Wildman–Crippen LogP) is 5.34. The van der Waals surface area contributed by atoms with Crippen molar-refractivity contribution in [2.75, 3.05) is 12.5 Å². The maximum Gasteiger partial charge on any atom is 0.460 e. The molecule has 0 bridgehead atoms. The van der Waals surface area contributed by atoms with Crippen molar-refractivity contribution in [2.45, 2.75) is 35.1 Å². The van der Waals surface area contributed by atoms with Crippen LogP contribution < -0.4 is 0 Å². The zero-order valence-corrected chi connectivity index (χ0v) is 17.5. The minimum atomic E-state index is -7.43. The summed E-state index contributed by atoms with van der Waals surface area (Å²) < 4.78 is 135. The molecule has 0 aliphatic heterocycles. The van der Waals surface area contributed by atoms with Gasteiger partial charge < -0.3 is 4.55 Å². The van der Waals surface area contributed by atoms with Crippen LogP contribution in [-0.2, 0) is 21.0 Å². The first-order valence-corrected chi connectivity index (χ1v) is 11.4. The number of halogens is 9. The van der Waals surface area contributed by atoms with Crippen molar-refractivity contribution in [3.63, 3.8) is 0 Å². The fourth-order valence-corrected chi connectivity index (χ4v) is 3.70. The van der Waals surface area contributed by atoms with Gasteiger partial charge in [0.15, 0.2) is 15.0 Å². The third-order valence-corrected chi connectivity index (χ3v) is 6.09. The smallest absolute Gasteiger partial charge is 0.460 e. The summed E-state index contributed by atoms with van der Waals surface area (Å²) in [5, 5.41) is -4.30. The lowest BCUT2D eigenvalue weighted by Gasteiger charge is -2.34. The summed E-state index contributed by atoms with van der Waals surface area (Å²) in [6, 6.07) is 13.2. The molecule has 0 atom stereocenters. The first-order valence-electron chi connectivity index (χ1n) is 7.91. The SMILES string of the molecule is Cc1ccc([S+](C)C)c2ccccc12.O=S(=O)([O-])C(F)(F)C(F)(F)C(F)(F)C(F)(F)F. The fraction of sp³-hybridized carbons (Fsp3) is 0.412. The molecule has 2 aromatic carbocycles. The van der Waals surface area contributed by atoms with Gasteiger partial charge in [0.2, 0.25) is 0 Å². The van der Waals surface area contributed by atoms with Gasteiger partial charge in [-0.1, -0.05) is 24.3 Å². The van der Waals surface area contributed by atoms with Gasteiger partial charge in [0.25, 0.3) is 0 Å². The van der Waals surface area contributed by atoms with E-state index in [0.29, 0.717) is 10.9 Å². The molecule has 3 nitrogen and oxygen atoms in total. The van der Waals surface area contributed by atoms with E-state index in [1.807, 2.05) is 0 Å². The molecule has 0 aliphatic rings. The normalized spacial score (nSPS) is 13.9. The molecule has 0 radical (unpaired) electrons. The van der Waals surface area contributed by atoms with Gasteiger partial charge >= 0.3 is 23.3 Å². The fourth-order valence-electron chi connectivity index (χ4n) is 2.30. The van der Waals surface area contributed by atoms with Crippen LogP contribution in [0.1, 0.15) is 5.56 Å². The van der Waals surface area contributed by atoms with E-state index in [4.69, 9.17) is 0 Å². The standard InChI is InChI=1S/C13H15S.C4HF9O3S/c1-10-8-9-13(14(2)3)12-7-5-4-6-11(10)12;5-1(6,3(9,10)11)2(7,8)4(12,13)17(14,15)16/h4-9H,1-3H3;(H,14,15,16)/q+1;/p-1. The van der Waals surface area contributed by atoms with E-state index >= 15 is 0 Å². The average molecular weight is 502 g/mol. The maximum absolute atomic E-state index is 12.2. The Hall–Kier alpha value is -1.67. The first kappa shape index (κ1) is 27.4. The van der Waals surface area contributed by atoms with Crippen LogP contribution in [0.25, 0.3) is 10.8 Å². The van der Waals surface area contributed by atoms with Crippen LogP contribution in [0.2, 0.25) is 0 Å². The lowest BCUT2D eigenvalue weighted by Crippen LogP contribution is -2.63. The van der Waals surface area contributed by atoms with Gasteiger partial charge in [-0.3, -0.25) is 0 Å². The Morgan fingerprint density at radius 3 is 1.61 bits per heavy atom. The Labute approximate surface area is 174 Å². The average Bonchev–Trinajstić information content (AvgIpc) is 2.60. The summed E-state index contributed by atoms with van der Waals surface area (Å²) in [4.78, 5) is 1.48. The highest BCUT2D eigenvalue weighted by Crippen LogP contribution is 2.54. The van der Waals surface area contributed by atoms with Gasteiger partial charge in [-0.05, 0) is 30.0 Å². The quantitative estimate of drug-likeness (QED) is 0.322. The molecule has 0 saturated carbocycles. The molecule has 0 aromatic heterocycles. The van der Waals surface area contributed by atoms with Crippen LogP contribution in [0.15, 0.2) is 41.3 Å². The minimum Gasteiger partial charge on any atom is -0.743 e.